The van der Waals surface area contributed by atoms with Crippen molar-refractivity contribution in [1.82, 2.24) is 4.90 Å². The standard InChI is InChI=1S/C15H15BrN2O2S2/c1-18(15(20)12-7-8-13(16)22-12)9-14(19)17-10-5-3-4-6-11(10)21-2/h3-8H,9H2,1-2H3,(H,17,19). The normalized spacial score (nSPS) is 10.3. The molecule has 1 aromatic heterocycles. The largest absolute Gasteiger partial charge is 0.332 e. The van der Waals surface area contributed by atoms with Crippen LogP contribution in [-0.4, -0.2) is 36.6 Å². The topological polar surface area (TPSA) is 49.4 Å². The van der Waals surface area contributed by atoms with Crippen LogP contribution in [0.15, 0.2) is 45.1 Å². The Morgan fingerprint density at radius 3 is 2.64 bits per heavy atom. The van der Waals surface area contributed by atoms with Gasteiger partial charge in [-0.15, -0.1) is 23.1 Å². The molecule has 1 aromatic carbocycles. The molecule has 0 spiro atoms. The first-order valence-corrected chi connectivity index (χ1v) is 9.28. The molecule has 0 aliphatic heterocycles. The maximum atomic E-state index is 12.2. The number of carbonyl (C=O) groups excluding carboxylic acids is 2. The van der Waals surface area contributed by atoms with Crippen molar-refractivity contribution in [3.05, 3.63) is 45.1 Å². The zero-order valence-corrected chi connectivity index (χ0v) is 15.3. The van der Waals surface area contributed by atoms with Gasteiger partial charge < -0.3 is 10.2 Å². The van der Waals surface area contributed by atoms with Crippen molar-refractivity contribution in [1.29, 1.82) is 0 Å². The summed E-state index contributed by atoms with van der Waals surface area (Å²) in [6, 6.07) is 11.1. The van der Waals surface area contributed by atoms with E-state index < -0.39 is 0 Å². The monoisotopic (exact) mass is 398 g/mol. The summed E-state index contributed by atoms with van der Waals surface area (Å²) < 4.78 is 0.891. The van der Waals surface area contributed by atoms with Crippen molar-refractivity contribution in [2.75, 3.05) is 25.2 Å². The highest BCUT2D eigenvalue weighted by atomic mass is 79.9. The highest BCUT2D eigenvalue weighted by Gasteiger charge is 2.17. The third kappa shape index (κ3) is 4.34. The van der Waals surface area contributed by atoms with Crippen LogP contribution in [0.1, 0.15) is 9.67 Å². The van der Waals surface area contributed by atoms with Crippen molar-refractivity contribution >= 4 is 56.5 Å². The fourth-order valence-electron chi connectivity index (χ4n) is 1.84. The zero-order chi connectivity index (χ0) is 16.1. The van der Waals surface area contributed by atoms with E-state index in [2.05, 4.69) is 21.2 Å². The molecule has 0 atom stereocenters. The number of thioether (sulfide) groups is 1. The Morgan fingerprint density at radius 1 is 1.27 bits per heavy atom. The minimum Gasteiger partial charge on any atom is -0.332 e. The van der Waals surface area contributed by atoms with Crippen molar-refractivity contribution in [3.63, 3.8) is 0 Å². The van der Waals surface area contributed by atoms with E-state index in [4.69, 9.17) is 0 Å². The molecule has 0 aliphatic rings. The summed E-state index contributed by atoms with van der Waals surface area (Å²) in [6.07, 6.45) is 1.95. The van der Waals surface area contributed by atoms with Gasteiger partial charge in [0.1, 0.15) is 0 Å². The smallest absolute Gasteiger partial charge is 0.264 e. The number of thiophene rings is 1. The van der Waals surface area contributed by atoms with Gasteiger partial charge >= 0.3 is 0 Å². The fraction of sp³-hybridized carbons (Fsp3) is 0.200. The summed E-state index contributed by atoms with van der Waals surface area (Å²) in [6.45, 7) is 0.0110. The molecule has 1 heterocycles. The summed E-state index contributed by atoms with van der Waals surface area (Å²) in [5.74, 6) is -0.378. The van der Waals surface area contributed by atoms with E-state index in [-0.39, 0.29) is 18.4 Å². The van der Waals surface area contributed by atoms with Gasteiger partial charge in [0.2, 0.25) is 5.91 Å². The summed E-state index contributed by atoms with van der Waals surface area (Å²) >= 11 is 6.24. The molecule has 2 rings (SSSR count). The average molecular weight is 399 g/mol. The molecular weight excluding hydrogens is 384 g/mol. The van der Waals surface area contributed by atoms with Crippen LogP contribution >= 0.6 is 39.0 Å². The van der Waals surface area contributed by atoms with E-state index in [1.54, 1.807) is 24.9 Å². The number of anilines is 1. The van der Waals surface area contributed by atoms with Gasteiger partial charge in [-0.2, -0.15) is 0 Å². The predicted molar refractivity (Wildman–Crippen MR) is 95.8 cm³/mol. The first kappa shape index (κ1) is 17.1. The number of rotatable bonds is 5. The summed E-state index contributed by atoms with van der Waals surface area (Å²) in [4.78, 5) is 27.3. The van der Waals surface area contributed by atoms with Crippen molar-refractivity contribution in [3.8, 4) is 0 Å². The lowest BCUT2D eigenvalue weighted by Gasteiger charge is -2.16. The highest BCUT2D eigenvalue weighted by Crippen LogP contribution is 2.25. The van der Waals surface area contributed by atoms with E-state index >= 15 is 0 Å². The van der Waals surface area contributed by atoms with Crippen molar-refractivity contribution in [2.24, 2.45) is 0 Å². The number of benzene rings is 1. The molecule has 4 nitrogen and oxygen atoms in total. The predicted octanol–water partition coefficient (Wildman–Crippen LogP) is 3.94. The zero-order valence-electron chi connectivity index (χ0n) is 12.1. The SMILES string of the molecule is CSc1ccccc1NC(=O)CN(C)C(=O)c1ccc(Br)s1. The molecule has 1 N–H and O–H groups in total. The van der Waals surface area contributed by atoms with Gasteiger partial charge in [-0.3, -0.25) is 9.59 Å². The second-order valence-electron chi connectivity index (χ2n) is 4.51. The van der Waals surface area contributed by atoms with E-state index in [1.165, 1.54) is 16.2 Å². The molecule has 0 bridgehead atoms. The Hall–Kier alpha value is -1.31. The van der Waals surface area contributed by atoms with Gasteiger partial charge in [0, 0.05) is 11.9 Å². The third-order valence-corrected chi connectivity index (χ3v) is 5.30. The van der Waals surface area contributed by atoms with Gasteiger partial charge in [0.25, 0.3) is 5.91 Å². The van der Waals surface area contributed by atoms with E-state index in [0.717, 1.165) is 14.4 Å². The second kappa shape index (κ2) is 7.80. The molecule has 0 fully saturated rings. The number of amides is 2. The average Bonchev–Trinajstić information content (AvgIpc) is 2.93. The number of hydrogen-bond acceptors (Lipinski definition) is 4. The molecule has 116 valence electrons. The Morgan fingerprint density at radius 2 is 2.00 bits per heavy atom. The number of para-hydroxylation sites is 1. The molecule has 2 aromatic rings. The van der Waals surface area contributed by atoms with Gasteiger partial charge in [0.15, 0.2) is 0 Å². The van der Waals surface area contributed by atoms with Gasteiger partial charge in [-0.1, -0.05) is 12.1 Å². The van der Waals surface area contributed by atoms with Crippen LogP contribution in [0.3, 0.4) is 0 Å². The number of nitrogens with one attached hydrogen (secondary N) is 1. The lowest BCUT2D eigenvalue weighted by molar-refractivity contribution is -0.116. The Kier molecular flexibility index (Phi) is 6.05. The molecule has 0 radical (unpaired) electrons. The number of likely N-dealkylation sites (N-methyl/N-ethyl adjacent to an activating group) is 1. The summed E-state index contributed by atoms with van der Waals surface area (Å²) in [7, 11) is 1.62. The second-order valence-corrected chi connectivity index (χ2v) is 7.82. The molecule has 22 heavy (non-hydrogen) atoms. The number of carbonyl (C=O) groups is 2. The van der Waals surface area contributed by atoms with Crippen LogP contribution < -0.4 is 5.32 Å². The molecule has 0 unspecified atom stereocenters. The van der Waals surface area contributed by atoms with Crippen LogP contribution in [0.5, 0.6) is 0 Å². The first-order valence-electron chi connectivity index (χ1n) is 6.45. The molecule has 0 saturated carbocycles. The fourth-order valence-corrected chi connectivity index (χ4v) is 3.78. The quantitative estimate of drug-likeness (QED) is 0.775. The summed E-state index contributed by atoms with van der Waals surface area (Å²) in [5.41, 5.74) is 0.764. The van der Waals surface area contributed by atoms with Crippen LogP contribution in [0, 0.1) is 0 Å². The van der Waals surface area contributed by atoms with E-state index in [9.17, 15) is 9.59 Å². The van der Waals surface area contributed by atoms with E-state index in [1.807, 2.05) is 36.6 Å². The molecule has 7 heteroatoms. The highest BCUT2D eigenvalue weighted by molar-refractivity contribution is 9.11. The number of halogens is 1. The minimum atomic E-state index is -0.215. The number of hydrogen-bond donors (Lipinski definition) is 1. The van der Waals surface area contributed by atoms with Crippen LogP contribution in [0.4, 0.5) is 5.69 Å². The van der Waals surface area contributed by atoms with Gasteiger partial charge in [0.05, 0.1) is 20.9 Å². The maximum absolute atomic E-state index is 12.2. The summed E-state index contributed by atoms with van der Waals surface area (Å²) in [5, 5.41) is 2.84. The Balaban J connectivity index is 1.98. The van der Waals surface area contributed by atoms with Crippen LogP contribution in [0.25, 0.3) is 0 Å². The third-order valence-electron chi connectivity index (χ3n) is 2.89. The molecular formula is C15H15BrN2O2S2. The Labute approximate surface area is 146 Å². The molecule has 0 saturated heterocycles. The number of nitrogens with zero attached hydrogens (tertiary/aromatic N) is 1. The lowest BCUT2D eigenvalue weighted by Crippen LogP contribution is -2.34. The van der Waals surface area contributed by atoms with Gasteiger partial charge in [-0.05, 0) is 46.5 Å². The van der Waals surface area contributed by atoms with Crippen LogP contribution in [-0.2, 0) is 4.79 Å². The molecule has 2 amide bonds. The minimum absolute atomic E-state index is 0.0110. The van der Waals surface area contributed by atoms with E-state index in [0.29, 0.717) is 4.88 Å². The van der Waals surface area contributed by atoms with Gasteiger partial charge in [-0.25, -0.2) is 0 Å². The Bertz CT molecular complexity index is 688. The van der Waals surface area contributed by atoms with Crippen LogP contribution in [0.2, 0.25) is 0 Å². The van der Waals surface area contributed by atoms with Crippen molar-refractivity contribution < 1.29 is 9.59 Å². The molecule has 0 aliphatic carbocycles. The first-order chi connectivity index (χ1) is 10.5. The maximum Gasteiger partial charge on any atom is 0.264 e. The lowest BCUT2D eigenvalue weighted by atomic mass is 10.3. The van der Waals surface area contributed by atoms with Crippen molar-refractivity contribution in [2.45, 2.75) is 4.90 Å².